The summed E-state index contributed by atoms with van der Waals surface area (Å²) in [6.07, 6.45) is 2.14. The maximum Gasteiger partial charge on any atom is 0.326 e. The molecule has 0 aromatic carbocycles. The fourth-order valence-corrected chi connectivity index (χ4v) is 2.27. The zero-order valence-electron chi connectivity index (χ0n) is 11.3. The molecule has 0 saturated carbocycles. The third kappa shape index (κ3) is 5.69. The fourth-order valence-electron chi connectivity index (χ4n) is 1.54. The Balaban J connectivity index is 2.42. The Morgan fingerprint density at radius 2 is 2.16 bits per heavy atom. The van der Waals surface area contributed by atoms with Crippen LogP contribution in [0.1, 0.15) is 30.2 Å². The zero-order valence-corrected chi connectivity index (χ0v) is 12.1. The number of aromatic nitrogens is 1. The summed E-state index contributed by atoms with van der Waals surface area (Å²) in [6, 6.07) is -1.35. The van der Waals surface area contributed by atoms with Gasteiger partial charge in [-0.25, -0.2) is 14.6 Å². The van der Waals surface area contributed by atoms with Gasteiger partial charge in [0.05, 0.1) is 6.54 Å². The van der Waals surface area contributed by atoms with Gasteiger partial charge in [0.2, 0.25) is 0 Å². The standard InChI is InChI=1S/C12H19N3O3S/c1-7(2)4-9(11(16)17)15-12(18)14-6-10-13-5-8(3)19-10/h5,7,9H,4,6H2,1-3H3,(H,16,17)(H2,14,15,18). The molecule has 2 amide bonds. The van der Waals surface area contributed by atoms with Gasteiger partial charge in [-0.15, -0.1) is 11.3 Å². The zero-order chi connectivity index (χ0) is 14.4. The quantitative estimate of drug-likeness (QED) is 0.742. The number of carbonyl (C=O) groups excluding carboxylic acids is 1. The number of rotatable bonds is 6. The van der Waals surface area contributed by atoms with Crippen LogP contribution in [0.15, 0.2) is 6.20 Å². The van der Waals surface area contributed by atoms with Gasteiger partial charge in [-0.3, -0.25) is 0 Å². The van der Waals surface area contributed by atoms with Crippen LogP contribution in [0, 0.1) is 12.8 Å². The summed E-state index contributed by atoms with van der Waals surface area (Å²) in [5.74, 6) is -0.822. The number of nitrogens with zero attached hydrogens (tertiary/aromatic N) is 1. The smallest absolute Gasteiger partial charge is 0.326 e. The Labute approximate surface area is 116 Å². The topological polar surface area (TPSA) is 91.3 Å². The molecule has 19 heavy (non-hydrogen) atoms. The molecule has 1 rings (SSSR count). The minimum Gasteiger partial charge on any atom is -0.480 e. The largest absolute Gasteiger partial charge is 0.480 e. The summed E-state index contributed by atoms with van der Waals surface area (Å²) in [6.45, 7) is 6.06. The van der Waals surface area contributed by atoms with Gasteiger partial charge in [-0.2, -0.15) is 0 Å². The van der Waals surface area contributed by atoms with Crippen molar-refractivity contribution in [2.24, 2.45) is 5.92 Å². The monoisotopic (exact) mass is 285 g/mol. The maximum absolute atomic E-state index is 11.6. The predicted molar refractivity (Wildman–Crippen MR) is 73.1 cm³/mol. The summed E-state index contributed by atoms with van der Waals surface area (Å²) < 4.78 is 0. The van der Waals surface area contributed by atoms with Crippen LogP contribution in [-0.2, 0) is 11.3 Å². The Bertz CT molecular complexity index is 445. The Hall–Kier alpha value is -1.63. The molecule has 7 heteroatoms. The average molecular weight is 285 g/mol. The first-order valence-corrected chi connectivity index (χ1v) is 6.88. The number of urea groups is 1. The van der Waals surface area contributed by atoms with Crippen LogP contribution in [0.2, 0.25) is 0 Å². The van der Waals surface area contributed by atoms with E-state index in [4.69, 9.17) is 5.11 Å². The highest BCUT2D eigenvalue weighted by molar-refractivity contribution is 7.11. The molecule has 0 spiro atoms. The number of carboxylic acid groups (broad SMARTS) is 1. The second-order valence-electron chi connectivity index (χ2n) is 4.71. The van der Waals surface area contributed by atoms with Gasteiger partial charge < -0.3 is 15.7 Å². The van der Waals surface area contributed by atoms with Gasteiger partial charge in [0.15, 0.2) is 0 Å². The Morgan fingerprint density at radius 1 is 1.47 bits per heavy atom. The van der Waals surface area contributed by atoms with Crippen molar-refractivity contribution in [3.8, 4) is 0 Å². The first-order chi connectivity index (χ1) is 8.88. The van der Waals surface area contributed by atoms with Crippen LogP contribution < -0.4 is 10.6 Å². The first-order valence-electron chi connectivity index (χ1n) is 6.07. The number of aryl methyl sites for hydroxylation is 1. The molecule has 0 radical (unpaired) electrons. The molecule has 0 aliphatic rings. The van der Waals surface area contributed by atoms with Gasteiger partial charge in [0.25, 0.3) is 0 Å². The lowest BCUT2D eigenvalue weighted by molar-refractivity contribution is -0.139. The lowest BCUT2D eigenvalue weighted by Crippen LogP contribution is -2.46. The molecule has 1 aromatic rings. The van der Waals surface area contributed by atoms with Crippen LogP contribution in [-0.4, -0.2) is 28.1 Å². The molecule has 0 aliphatic heterocycles. The molecule has 1 atom stereocenters. The van der Waals surface area contributed by atoms with Crippen molar-refractivity contribution in [2.45, 2.75) is 39.8 Å². The van der Waals surface area contributed by atoms with E-state index in [0.29, 0.717) is 13.0 Å². The highest BCUT2D eigenvalue weighted by Crippen LogP contribution is 2.10. The van der Waals surface area contributed by atoms with E-state index in [-0.39, 0.29) is 5.92 Å². The lowest BCUT2D eigenvalue weighted by atomic mass is 10.0. The number of hydrogen-bond acceptors (Lipinski definition) is 4. The summed E-state index contributed by atoms with van der Waals surface area (Å²) in [5.41, 5.74) is 0. The van der Waals surface area contributed by atoms with E-state index in [2.05, 4.69) is 15.6 Å². The third-order valence-electron chi connectivity index (χ3n) is 2.38. The van der Waals surface area contributed by atoms with Crippen LogP contribution in [0.25, 0.3) is 0 Å². The molecular formula is C12H19N3O3S. The molecule has 106 valence electrons. The summed E-state index contributed by atoms with van der Waals surface area (Å²) in [5, 5.41) is 14.9. The third-order valence-corrected chi connectivity index (χ3v) is 3.29. The second-order valence-corrected chi connectivity index (χ2v) is 6.03. The molecule has 3 N–H and O–H groups in total. The van der Waals surface area contributed by atoms with Crippen molar-refractivity contribution >= 4 is 23.3 Å². The second kappa shape index (κ2) is 7.08. The maximum atomic E-state index is 11.6. The molecule has 0 bridgehead atoms. The van der Waals surface area contributed by atoms with E-state index < -0.39 is 18.0 Å². The van der Waals surface area contributed by atoms with Gasteiger partial charge in [0, 0.05) is 11.1 Å². The summed E-state index contributed by atoms with van der Waals surface area (Å²) >= 11 is 1.50. The van der Waals surface area contributed by atoms with E-state index in [9.17, 15) is 9.59 Å². The van der Waals surface area contributed by atoms with Crippen LogP contribution in [0.5, 0.6) is 0 Å². The van der Waals surface area contributed by atoms with Crippen molar-refractivity contribution in [1.29, 1.82) is 0 Å². The number of nitrogens with one attached hydrogen (secondary N) is 2. The van der Waals surface area contributed by atoms with Crippen molar-refractivity contribution in [3.05, 3.63) is 16.1 Å². The van der Waals surface area contributed by atoms with E-state index in [1.807, 2.05) is 20.8 Å². The minimum atomic E-state index is -1.02. The normalized spacial score (nSPS) is 12.2. The first kappa shape index (κ1) is 15.4. The minimum absolute atomic E-state index is 0.197. The van der Waals surface area contributed by atoms with Crippen molar-refractivity contribution in [3.63, 3.8) is 0 Å². The van der Waals surface area contributed by atoms with Gasteiger partial charge in [0.1, 0.15) is 11.0 Å². The van der Waals surface area contributed by atoms with E-state index >= 15 is 0 Å². The highest BCUT2D eigenvalue weighted by atomic mass is 32.1. The number of carbonyl (C=O) groups is 2. The number of thiazole rings is 1. The summed E-state index contributed by atoms with van der Waals surface area (Å²) in [7, 11) is 0. The number of carboxylic acids is 1. The van der Waals surface area contributed by atoms with Gasteiger partial charge in [-0.1, -0.05) is 13.8 Å². The van der Waals surface area contributed by atoms with Crippen LogP contribution >= 0.6 is 11.3 Å². The molecule has 6 nitrogen and oxygen atoms in total. The van der Waals surface area contributed by atoms with Crippen LogP contribution in [0.4, 0.5) is 4.79 Å². The van der Waals surface area contributed by atoms with E-state index in [1.165, 1.54) is 11.3 Å². The Morgan fingerprint density at radius 3 is 2.63 bits per heavy atom. The van der Waals surface area contributed by atoms with Crippen molar-refractivity contribution in [1.82, 2.24) is 15.6 Å². The van der Waals surface area contributed by atoms with Gasteiger partial charge >= 0.3 is 12.0 Å². The molecule has 0 saturated heterocycles. The lowest BCUT2D eigenvalue weighted by Gasteiger charge is -2.16. The van der Waals surface area contributed by atoms with Crippen molar-refractivity contribution in [2.75, 3.05) is 0 Å². The highest BCUT2D eigenvalue weighted by Gasteiger charge is 2.20. The van der Waals surface area contributed by atoms with Gasteiger partial charge in [-0.05, 0) is 19.3 Å². The average Bonchev–Trinajstić information content (AvgIpc) is 2.71. The molecule has 1 aromatic heterocycles. The number of aliphatic carboxylic acids is 1. The number of hydrogen-bond donors (Lipinski definition) is 3. The molecule has 0 aliphatic carbocycles. The Kier molecular flexibility index (Phi) is 5.75. The SMILES string of the molecule is Cc1cnc(CNC(=O)NC(CC(C)C)C(=O)O)s1. The predicted octanol–water partition coefficient (Wildman–Crippen LogP) is 1.75. The van der Waals surface area contributed by atoms with E-state index in [0.717, 1.165) is 9.88 Å². The van der Waals surface area contributed by atoms with E-state index in [1.54, 1.807) is 6.20 Å². The molecular weight excluding hydrogens is 266 g/mol. The molecule has 0 fully saturated rings. The van der Waals surface area contributed by atoms with Crippen molar-refractivity contribution < 1.29 is 14.7 Å². The molecule has 1 heterocycles. The fraction of sp³-hybridized carbons (Fsp3) is 0.583. The summed E-state index contributed by atoms with van der Waals surface area (Å²) in [4.78, 5) is 27.8. The molecule has 1 unspecified atom stereocenters. The number of amides is 2. The van der Waals surface area contributed by atoms with Crippen LogP contribution in [0.3, 0.4) is 0 Å².